The van der Waals surface area contributed by atoms with Crippen molar-refractivity contribution in [1.82, 2.24) is 16.0 Å². The van der Waals surface area contributed by atoms with Crippen molar-refractivity contribution in [3.8, 4) is 0 Å². The van der Waals surface area contributed by atoms with Crippen LogP contribution < -0.4 is 16.0 Å². The minimum absolute atomic E-state index is 0. The largest absolute Gasteiger partial charge is 0.355 e. The number of halogens is 1. The van der Waals surface area contributed by atoms with Crippen molar-refractivity contribution in [2.75, 3.05) is 20.1 Å². The van der Waals surface area contributed by atoms with Crippen LogP contribution in [-0.2, 0) is 4.79 Å². The molecular formula is C13H29IN4O. The van der Waals surface area contributed by atoms with Gasteiger partial charge in [-0.3, -0.25) is 9.79 Å². The Hall–Kier alpha value is -0.530. The summed E-state index contributed by atoms with van der Waals surface area (Å²) in [5.74, 6) is 0.837. The summed E-state index contributed by atoms with van der Waals surface area (Å²) < 4.78 is 0. The number of hydrogen-bond acceptors (Lipinski definition) is 2. The lowest BCUT2D eigenvalue weighted by Crippen LogP contribution is -2.45. The molecule has 0 bridgehead atoms. The second-order valence-electron chi connectivity index (χ2n) is 5.46. The fraction of sp³-hybridized carbons (Fsp3) is 0.846. The molecule has 0 aliphatic rings. The Morgan fingerprint density at radius 1 is 1.21 bits per heavy atom. The normalized spacial score (nSPS) is 13.3. The van der Waals surface area contributed by atoms with E-state index in [9.17, 15) is 4.79 Å². The number of rotatable bonds is 5. The fourth-order valence-corrected chi connectivity index (χ4v) is 1.15. The number of hydrogen-bond donors (Lipinski definition) is 3. The van der Waals surface area contributed by atoms with Crippen molar-refractivity contribution in [2.45, 2.75) is 47.1 Å². The second-order valence-corrected chi connectivity index (χ2v) is 5.46. The molecule has 5 nitrogen and oxygen atoms in total. The van der Waals surface area contributed by atoms with Crippen LogP contribution in [0.4, 0.5) is 0 Å². The van der Waals surface area contributed by atoms with Gasteiger partial charge in [-0.05, 0) is 13.3 Å². The number of carbonyl (C=O) groups is 1. The SMILES string of the molecule is CCC(C)NC(=NC)NCCNC(=O)C(C)(C)C.I. The molecule has 1 atom stereocenters. The predicted molar refractivity (Wildman–Crippen MR) is 92.1 cm³/mol. The molecule has 6 heteroatoms. The molecule has 1 unspecified atom stereocenters. The predicted octanol–water partition coefficient (Wildman–Crippen LogP) is 1.73. The van der Waals surface area contributed by atoms with Crippen LogP contribution in [-0.4, -0.2) is 38.0 Å². The van der Waals surface area contributed by atoms with E-state index in [1.807, 2.05) is 20.8 Å². The third-order valence-corrected chi connectivity index (χ3v) is 2.60. The van der Waals surface area contributed by atoms with Gasteiger partial charge in [-0.15, -0.1) is 24.0 Å². The van der Waals surface area contributed by atoms with Gasteiger partial charge in [0.15, 0.2) is 5.96 Å². The van der Waals surface area contributed by atoms with E-state index in [-0.39, 0.29) is 35.3 Å². The van der Waals surface area contributed by atoms with Crippen LogP contribution >= 0.6 is 24.0 Å². The molecule has 0 saturated carbocycles. The van der Waals surface area contributed by atoms with Gasteiger partial charge in [-0.2, -0.15) is 0 Å². The van der Waals surface area contributed by atoms with E-state index in [2.05, 4.69) is 34.8 Å². The first kappa shape index (κ1) is 20.8. The van der Waals surface area contributed by atoms with Crippen LogP contribution in [0.15, 0.2) is 4.99 Å². The maximum absolute atomic E-state index is 11.6. The maximum atomic E-state index is 11.6. The van der Waals surface area contributed by atoms with E-state index in [4.69, 9.17) is 0 Å². The highest BCUT2D eigenvalue weighted by molar-refractivity contribution is 14.0. The van der Waals surface area contributed by atoms with Gasteiger partial charge in [0.1, 0.15) is 0 Å². The number of nitrogens with zero attached hydrogens (tertiary/aromatic N) is 1. The number of nitrogens with one attached hydrogen (secondary N) is 3. The van der Waals surface area contributed by atoms with Gasteiger partial charge < -0.3 is 16.0 Å². The summed E-state index contributed by atoms with van der Waals surface area (Å²) in [6, 6.07) is 0.389. The van der Waals surface area contributed by atoms with Crippen LogP contribution in [0.1, 0.15) is 41.0 Å². The average Bonchev–Trinajstić information content (AvgIpc) is 2.30. The molecule has 0 saturated heterocycles. The van der Waals surface area contributed by atoms with Gasteiger partial charge in [0.2, 0.25) is 5.91 Å². The van der Waals surface area contributed by atoms with Crippen molar-refractivity contribution in [1.29, 1.82) is 0 Å². The van der Waals surface area contributed by atoms with E-state index in [0.717, 1.165) is 12.4 Å². The Bertz CT molecular complexity index is 287. The molecule has 0 radical (unpaired) electrons. The zero-order valence-electron chi connectivity index (χ0n) is 13.0. The zero-order valence-corrected chi connectivity index (χ0v) is 15.3. The summed E-state index contributed by atoms with van der Waals surface area (Å²) in [5, 5.41) is 9.31. The van der Waals surface area contributed by atoms with Crippen molar-refractivity contribution in [3.63, 3.8) is 0 Å². The fourth-order valence-electron chi connectivity index (χ4n) is 1.15. The Kier molecular flexibility index (Phi) is 11.2. The van der Waals surface area contributed by atoms with E-state index < -0.39 is 0 Å². The summed E-state index contributed by atoms with van der Waals surface area (Å²) >= 11 is 0. The highest BCUT2D eigenvalue weighted by Crippen LogP contribution is 2.11. The Balaban J connectivity index is 0. The molecule has 0 aliphatic heterocycles. The molecule has 0 aromatic carbocycles. The van der Waals surface area contributed by atoms with Gasteiger partial charge in [0.25, 0.3) is 0 Å². The molecule has 0 aromatic rings. The lowest BCUT2D eigenvalue weighted by molar-refractivity contribution is -0.128. The van der Waals surface area contributed by atoms with E-state index in [0.29, 0.717) is 19.1 Å². The summed E-state index contributed by atoms with van der Waals surface area (Å²) in [5.41, 5.74) is -0.337. The van der Waals surface area contributed by atoms with Gasteiger partial charge >= 0.3 is 0 Å². The summed E-state index contributed by atoms with van der Waals surface area (Å²) in [6.45, 7) is 11.2. The molecule has 0 heterocycles. The smallest absolute Gasteiger partial charge is 0.225 e. The molecule has 0 spiro atoms. The number of aliphatic imine (C=N–C) groups is 1. The third-order valence-electron chi connectivity index (χ3n) is 2.60. The highest BCUT2D eigenvalue weighted by atomic mass is 127. The Morgan fingerprint density at radius 2 is 1.74 bits per heavy atom. The molecule has 0 aromatic heterocycles. The van der Waals surface area contributed by atoms with Crippen molar-refractivity contribution < 1.29 is 4.79 Å². The molecular weight excluding hydrogens is 355 g/mol. The molecule has 1 amide bonds. The second kappa shape index (κ2) is 10.3. The van der Waals surface area contributed by atoms with Gasteiger partial charge in [0.05, 0.1) is 0 Å². The quantitative estimate of drug-likeness (QED) is 0.293. The molecule has 3 N–H and O–H groups in total. The van der Waals surface area contributed by atoms with Gasteiger partial charge in [-0.1, -0.05) is 27.7 Å². The van der Waals surface area contributed by atoms with Crippen LogP contribution in [0.25, 0.3) is 0 Å². The molecule has 0 rings (SSSR count). The van der Waals surface area contributed by atoms with Crippen molar-refractivity contribution in [3.05, 3.63) is 0 Å². The summed E-state index contributed by atoms with van der Waals surface area (Å²) in [7, 11) is 1.74. The average molecular weight is 384 g/mol. The lowest BCUT2D eigenvalue weighted by Gasteiger charge is -2.19. The summed E-state index contributed by atoms with van der Waals surface area (Å²) in [4.78, 5) is 15.7. The monoisotopic (exact) mass is 384 g/mol. The van der Waals surface area contributed by atoms with Gasteiger partial charge in [0, 0.05) is 31.6 Å². The van der Waals surface area contributed by atoms with E-state index in [1.54, 1.807) is 7.05 Å². The molecule has 0 aliphatic carbocycles. The molecule has 0 fully saturated rings. The van der Waals surface area contributed by atoms with Crippen LogP contribution in [0, 0.1) is 5.41 Å². The molecule has 19 heavy (non-hydrogen) atoms. The minimum Gasteiger partial charge on any atom is -0.355 e. The van der Waals surface area contributed by atoms with Crippen LogP contribution in [0.5, 0.6) is 0 Å². The standard InChI is InChI=1S/C13H28N4O.HI/c1-7-10(2)17-12(14-6)16-9-8-15-11(18)13(3,4)5;/h10H,7-9H2,1-6H3,(H,15,18)(H2,14,16,17);1H. The maximum Gasteiger partial charge on any atom is 0.225 e. The summed E-state index contributed by atoms with van der Waals surface area (Å²) in [6.07, 6.45) is 1.04. The first-order chi connectivity index (χ1) is 8.31. The Labute approximate surface area is 134 Å². The van der Waals surface area contributed by atoms with Crippen molar-refractivity contribution >= 4 is 35.8 Å². The number of amides is 1. The van der Waals surface area contributed by atoms with Crippen LogP contribution in [0.2, 0.25) is 0 Å². The number of carbonyl (C=O) groups excluding carboxylic acids is 1. The lowest BCUT2D eigenvalue weighted by atomic mass is 9.96. The van der Waals surface area contributed by atoms with E-state index >= 15 is 0 Å². The van der Waals surface area contributed by atoms with Crippen molar-refractivity contribution in [2.24, 2.45) is 10.4 Å². The highest BCUT2D eigenvalue weighted by Gasteiger charge is 2.20. The van der Waals surface area contributed by atoms with Gasteiger partial charge in [-0.25, -0.2) is 0 Å². The Morgan fingerprint density at radius 3 is 2.16 bits per heavy atom. The molecule has 114 valence electrons. The zero-order chi connectivity index (χ0) is 14.2. The first-order valence-corrected chi connectivity index (χ1v) is 6.56. The van der Waals surface area contributed by atoms with E-state index in [1.165, 1.54) is 0 Å². The first-order valence-electron chi connectivity index (χ1n) is 6.56. The third kappa shape index (κ3) is 9.98. The topological polar surface area (TPSA) is 65.5 Å². The van der Waals surface area contributed by atoms with Crippen LogP contribution in [0.3, 0.4) is 0 Å². The minimum atomic E-state index is -0.337. The number of guanidine groups is 1.